The molecule has 0 aliphatic carbocycles. The highest BCUT2D eigenvalue weighted by Gasteiger charge is 2.32. The predicted molar refractivity (Wildman–Crippen MR) is 79.7 cm³/mol. The lowest BCUT2D eigenvalue weighted by Crippen LogP contribution is -2.43. The Morgan fingerprint density at radius 2 is 2.14 bits per heavy atom. The van der Waals surface area contributed by atoms with Crippen molar-refractivity contribution in [2.45, 2.75) is 19.9 Å². The molecular formula is C15H22N4O2. The summed E-state index contributed by atoms with van der Waals surface area (Å²) in [5.74, 6) is 1.21. The van der Waals surface area contributed by atoms with Crippen LogP contribution >= 0.6 is 0 Å². The number of nitrogens with zero attached hydrogens (tertiary/aromatic N) is 4. The second kappa shape index (κ2) is 5.69. The van der Waals surface area contributed by atoms with Gasteiger partial charge in [-0.2, -0.15) is 0 Å². The number of Topliss-reactive ketones (excluding diaryl/α,β-unsaturated/α-hetero) is 1. The third-order valence-electron chi connectivity index (χ3n) is 4.37. The molecule has 2 fully saturated rings. The van der Waals surface area contributed by atoms with Gasteiger partial charge in [-0.25, -0.2) is 9.97 Å². The standard InChI is InChI=1S/C15H22N4O2/c1-10-14(11(2)20)4-16-15(17-10)19-6-12-5-18(3)13(7-19)9-21-8-12/h4,12-13H,5-9H2,1-3H3/t12-,13+/m1/s1. The second-order valence-corrected chi connectivity index (χ2v) is 6.13. The first-order chi connectivity index (χ1) is 10.0. The molecule has 0 N–H and O–H groups in total. The maximum absolute atomic E-state index is 11.5. The van der Waals surface area contributed by atoms with E-state index in [1.807, 2.05) is 6.92 Å². The molecule has 0 radical (unpaired) electrons. The monoisotopic (exact) mass is 290 g/mol. The van der Waals surface area contributed by atoms with Gasteiger partial charge in [0.15, 0.2) is 5.78 Å². The molecule has 2 atom stereocenters. The first-order valence-corrected chi connectivity index (χ1v) is 7.42. The van der Waals surface area contributed by atoms with Crippen LogP contribution in [-0.2, 0) is 4.74 Å². The number of anilines is 1. The molecule has 6 nitrogen and oxygen atoms in total. The van der Waals surface area contributed by atoms with Gasteiger partial charge >= 0.3 is 0 Å². The van der Waals surface area contributed by atoms with Gasteiger partial charge in [0.2, 0.25) is 5.95 Å². The zero-order valence-corrected chi connectivity index (χ0v) is 12.9. The van der Waals surface area contributed by atoms with E-state index in [4.69, 9.17) is 4.74 Å². The zero-order valence-electron chi connectivity index (χ0n) is 12.9. The van der Waals surface area contributed by atoms with Gasteiger partial charge in [0.25, 0.3) is 0 Å². The predicted octanol–water partition coefficient (Wildman–Crippen LogP) is 0.754. The quantitative estimate of drug-likeness (QED) is 0.749. The van der Waals surface area contributed by atoms with Crippen LogP contribution in [0.2, 0.25) is 0 Å². The molecule has 1 aromatic rings. The lowest BCUT2D eigenvalue weighted by molar-refractivity contribution is 0.0928. The van der Waals surface area contributed by atoms with Crippen molar-refractivity contribution in [3.05, 3.63) is 17.5 Å². The summed E-state index contributed by atoms with van der Waals surface area (Å²) in [7, 11) is 2.15. The molecule has 2 aliphatic heterocycles. The Bertz CT molecular complexity index is 548. The Morgan fingerprint density at radius 1 is 1.33 bits per heavy atom. The molecule has 114 valence electrons. The summed E-state index contributed by atoms with van der Waals surface area (Å²) in [5, 5.41) is 0. The lowest BCUT2D eigenvalue weighted by atomic mass is 10.1. The molecule has 2 aliphatic rings. The number of hydrogen-bond donors (Lipinski definition) is 0. The van der Waals surface area contributed by atoms with Crippen molar-refractivity contribution in [3.8, 4) is 0 Å². The molecule has 3 rings (SSSR count). The van der Waals surface area contributed by atoms with Crippen LogP contribution in [0, 0.1) is 12.8 Å². The molecule has 2 bridgehead atoms. The lowest BCUT2D eigenvalue weighted by Gasteiger charge is -2.29. The zero-order chi connectivity index (χ0) is 15.0. The van der Waals surface area contributed by atoms with Gasteiger partial charge in [-0.05, 0) is 20.9 Å². The fourth-order valence-electron chi connectivity index (χ4n) is 3.17. The molecule has 1 aromatic heterocycles. The fraction of sp³-hybridized carbons (Fsp3) is 0.667. The van der Waals surface area contributed by atoms with E-state index in [2.05, 4.69) is 26.8 Å². The Kier molecular flexibility index (Phi) is 3.91. The number of likely N-dealkylation sites (N-methyl/N-ethyl adjacent to an activating group) is 1. The minimum Gasteiger partial charge on any atom is -0.379 e. The minimum absolute atomic E-state index is 0.0138. The Labute approximate surface area is 125 Å². The average Bonchev–Trinajstić information content (AvgIpc) is 2.66. The fourth-order valence-corrected chi connectivity index (χ4v) is 3.17. The molecule has 0 aromatic carbocycles. The number of carbonyl (C=O) groups is 1. The van der Waals surface area contributed by atoms with Crippen LogP contribution < -0.4 is 4.90 Å². The third kappa shape index (κ3) is 2.91. The topological polar surface area (TPSA) is 58.6 Å². The van der Waals surface area contributed by atoms with Gasteiger partial charge < -0.3 is 9.64 Å². The first kappa shape index (κ1) is 14.4. The third-order valence-corrected chi connectivity index (χ3v) is 4.37. The van der Waals surface area contributed by atoms with Crippen molar-refractivity contribution in [1.82, 2.24) is 14.9 Å². The van der Waals surface area contributed by atoms with E-state index in [9.17, 15) is 4.79 Å². The molecule has 0 saturated carbocycles. The number of hydrogen-bond acceptors (Lipinski definition) is 6. The van der Waals surface area contributed by atoms with Gasteiger partial charge in [0.05, 0.1) is 30.5 Å². The molecule has 0 unspecified atom stereocenters. The smallest absolute Gasteiger partial charge is 0.225 e. The summed E-state index contributed by atoms with van der Waals surface area (Å²) >= 11 is 0. The van der Waals surface area contributed by atoms with E-state index < -0.39 is 0 Å². The Balaban J connectivity index is 1.86. The highest BCUT2D eigenvalue weighted by molar-refractivity contribution is 5.94. The molecule has 3 heterocycles. The second-order valence-electron chi connectivity index (χ2n) is 6.13. The van der Waals surface area contributed by atoms with Gasteiger partial charge in [-0.15, -0.1) is 0 Å². The molecule has 21 heavy (non-hydrogen) atoms. The molecule has 0 spiro atoms. The molecule has 2 saturated heterocycles. The van der Waals surface area contributed by atoms with E-state index in [0.29, 0.717) is 17.5 Å². The van der Waals surface area contributed by atoms with Crippen LogP contribution in [0.4, 0.5) is 5.95 Å². The number of fused-ring (bicyclic) bond motifs is 3. The van der Waals surface area contributed by atoms with Gasteiger partial charge in [0.1, 0.15) is 0 Å². The van der Waals surface area contributed by atoms with Crippen LogP contribution in [0.15, 0.2) is 6.20 Å². The molecule has 0 amide bonds. The number of rotatable bonds is 2. The van der Waals surface area contributed by atoms with Crippen LogP contribution in [0.3, 0.4) is 0 Å². The number of carbonyl (C=O) groups excluding carboxylic acids is 1. The number of ether oxygens (including phenoxy) is 1. The summed E-state index contributed by atoms with van der Waals surface area (Å²) in [5.41, 5.74) is 1.36. The summed E-state index contributed by atoms with van der Waals surface area (Å²) in [6.07, 6.45) is 1.65. The van der Waals surface area contributed by atoms with Crippen molar-refractivity contribution < 1.29 is 9.53 Å². The van der Waals surface area contributed by atoms with Crippen LogP contribution in [-0.4, -0.2) is 66.6 Å². The van der Waals surface area contributed by atoms with E-state index >= 15 is 0 Å². The minimum atomic E-state index is 0.0138. The van der Waals surface area contributed by atoms with Crippen LogP contribution in [0.25, 0.3) is 0 Å². The normalized spacial score (nSPS) is 26.5. The van der Waals surface area contributed by atoms with Crippen LogP contribution in [0.5, 0.6) is 0 Å². The maximum atomic E-state index is 11.5. The van der Waals surface area contributed by atoms with Crippen molar-refractivity contribution in [3.63, 3.8) is 0 Å². The van der Waals surface area contributed by atoms with E-state index in [1.165, 1.54) is 0 Å². The van der Waals surface area contributed by atoms with Crippen molar-refractivity contribution >= 4 is 11.7 Å². The van der Waals surface area contributed by atoms with Crippen LogP contribution in [0.1, 0.15) is 23.0 Å². The van der Waals surface area contributed by atoms with Crippen molar-refractivity contribution in [2.75, 3.05) is 44.8 Å². The maximum Gasteiger partial charge on any atom is 0.225 e. The molecule has 6 heteroatoms. The van der Waals surface area contributed by atoms with E-state index in [0.717, 1.165) is 44.5 Å². The number of aryl methyl sites for hydroxylation is 1. The highest BCUT2D eigenvalue weighted by atomic mass is 16.5. The molecular weight excluding hydrogens is 268 g/mol. The summed E-state index contributed by atoms with van der Waals surface area (Å²) in [6, 6.07) is 0.369. The van der Waals surface area contributed by atoms with Gasteiger partial charge in [-0.3, -0.25) is 9.69 Å². The summed E-state index contributed by atoms with van der Waals surface area (Å²) in [6.45, 7) is 7.79. The Hall–Kier alpha value is -1.53. The van der Waals surface area contributed by atoms with E-state index in [1.54, 1.807) is 13.1 Å². The van der Waals surface area contributed by atoms with Gasteiger partial charge in [-0.1, -0.05) is 0 Å². The van der Waals surface area contributed by atoms with E-state index in [-0.39, 0.29) is 5.78 Å². The largest absolute Gasteiger partial charge is 0.379 e. The summed E-state index contributed by atoms with van der Waals surface area (Å²) in [4.78, 5) is 25.1. The number of ketones is 1. The van der Waals surface area contributed by atoms with Crippen molar-refractivity contribution in [1.29, 1.82) is 0 Å². The average molecular weight is 290 g/mol. The van der Waals surface area contributed by atoms with Gasteiger partial charge in [0, 0.05) is 31.7 Å². The van der Waals surface area contributed by atoms with Crippen molar-refractivity contribution in [2.24, 2.45) is 5.92 Å². The Morgan fingerprint density at radius 3 is 2.86 bits per heavy atom. The SMILES string of the molecule is CC(=O)c1cnc(N2C[C@@H]3COC[C@H](C2)N(C)C3)nc1C. The first-order valence-electron chi connectivity index (χ1n) is 7.42. The number of aromatic nitrogens is 2. The highest BCUT2D eigenvalue weighted by Crippen LogP contribution is 2.22. The summed E-state index contributed by atoms with van der Waals surface area (Å²) < 4.78 is 5.74.